The Morgan fingerprint density at radius 1 is 1.44 bits per heavy atom. The number of sulfone groups is 1. The summed E-state index contributed by atoms with van der Waals surface area (Å²) in [7, 11) is -3.50. The molecule has 0 radical (unpaired) electrons. The Labute approximate surface area is 115 Å². The van der Waals surface area contributed by atoms with Crippen molar-refractivity contribution in [1.29, 1.82) is 0 Å². The molecule has 0 bridgehead atoms. The van der Waals surface area contributed by atoms with Crippen molar-refractivity contribution in [2.75, 3.05) is 17.8 Å². The van der Waals surface area contributed by atoms with Crippen LogP contribution < -0.4 is 0 Å². The lowest BCUT2D eigenvalue weighted by molar-refractivity contribution is 0.0696. The van der Waals surface area contributed by atoms with Gasteiger partial charge >= 0.3 is 5.97 Å². The summed E-state index contributed by atoms with van der Waals surface area (Å²) in [5.74, 6) is -0.762. The number of carboxylic acid groups (broad SMARTS) is 1. The number of carboxylic acids is 1. The van der Waals surface area contributed by atoms with Crippen molar-refractivity contribution in [3.63, 3.8) is 0 Å². The molecule has 0 unspecified atom stereocenters. The van der Waals surface area contributed by atoms with Gasteiger partial charge in [-0.05, 0) is 30.9 Å². The predicted molar refractivity (Wildman–Crippen MR) is 73.6 cm³/mol. The number of rotatable bonds is 5. The summed E-state index contributed by atoms with van der Waals surface area (Å²) in [5, 5.41) is 9.11. The Balaban J connectivity index is 3.37. The van der Waals surface area contributed by atoms with E-state index in [1.165, 1.54) is 30.8 Å². The first-order valence-corrected chi connectivity index (χ1v) is 8.47. The first kappa shape index (κ1) is 15.3. The summed E-state index contributed by atoms with van der Waals surface area (Å²) in [4.78, 5) is 11.0. The summed E-state index contributed by atoms with van der Waals surface area (Å²) in [5.41, 5.74) is 0.151. The lowest BCUT2D eigenvalue weighted by atomic mass is 10.1. The summed E-state index contributed by atoms with van der Waals surface area (Å²) < 4.78 is 24.1. The first-order chi connectivity index (χ1) is 8.29. The zero-order chi connectivity index (χ0) is 13.9. The second-order valence-electron chi connectivity index (χ2n) is 3.69. The maximum absolute atomic E-state index is 12.1. The highest BCUT2D eigenvalue weighted by Crippen LogP contribution is 2.25. The van der Waals surface area contributed by atoms with Gasteiger partial charge in [0.1, 0.15) is 0 Å². The van der Waals surface area contributed by atoms with Gasteiger partial charge in [-0.1, -0.05) is 11.6 Å². The number of halogens is 1. The molecule has 100 valence electrons. The van der Waals surface area contributed by atoms with E-state index >= 15 is 0 Å². The summed E-state index contributed by atoms with van der Waals surface area (Å²) in [6.07, 6.45) is 1.81. The maximum atomic E-state index is 12.1. The molecule has 0 saturated carbocycles. The van der Waals surface area contributed by atoms with Gasteiger partial charge in [0, 0.05) is 10.8 Å². The van der Waals surface area contributed by atoms with Gasteiger partial charge in [0.15, 0.2) is 9.84 Å². The van der Waals surface area contributed by atoms with E-state index in [2.05, 4.69) is 0 Å². The number of aromatic carboxylic acids is 1. The predicted octanol–water partition coefficient (Wildman–Crippen LogP) is 2.48. The van der Waals surface area contributed by atoms with Crippen LogP contribution in [0.5, 0.6) is 0 Å². The van der Waals surface area contributed by atoms with Gasteiger partial charge in [-0.15, -0.1) is 0 Å². The van der Waals surface area contributed by atoms with Gasteiger partial charge in [-0.3, -0.25) is 0 Å². The topological polar surface area (TPSA) is 71.4 Å². The minimum atomic E-state index is -3.50. The quantitative estimate of drug-likeness (QED) is 0.905. The van der Waals surface area contributed by atoms with Crippen molar-refractivity contribution in [1.82, 2.24) is 0 Å². The molecule has 0 saturated heterocycles. The first-order valence-electron chi connectivity index (χ1n) is 5.04. The van der Waals surface area contributed by atoms with Crippen molar-refractivity contribution >= 4 is 39.2 Å². The zero-order valence-corrected chi connectivity index (χ0v) is 12.3. The van der Waals surface area contributed by atoms with E-state index in [1.807, 2.05) is 6.26 Å². The third-order valence-electron chi connectivity index (χ3n) is 2.45. The highest BCUT2D eigenvalue weighted by atomic mass is 35.5. The fraction of sp³-hybridized carbons (Fsp3) is 0.364. The minimum absolute atomic E-state index is 0.00134. The number of carbonyl (C=O) groups is 1. The van der Waals surface area contributed by atoms with Crippen LogP contribution in [0.3, 0.4) is 0 Å². The van der Waals surface area contributed by atoms with Crippen LogP contribution in [0.15, 0.2) is 17.0 Å². The molecule has 0 amide bonds. The van der Waals surface area contributed by atoms with Gasteiger partial charge in [0.05, 0.1) is 16.2 Å². The Kier molecular flexibility index (Phi) is 5.07. The average molecular weight is 309 g/mol. The van der Waals surface area contributed by atoms with Crippen LogP contribution in [0, 0.1) is 6.92 Å². The second-order valence-corrected chi connectivity index (χ2v) is 7.19. The van der Waals surface area contributed by atoms with E-state index in [4.69, 9.17) is 16.7 Å². The Morgan fingerprint density at radius 2 is 2.06 bits per heavy atom. The molecule has 0 heterocycles. The van der Waals surface area contributed by atoms with E-state index < -0.39 is 15.8 Å². The summed E-state index contributed by atoms with van der Waals surface area (Å²) in [6.45, 7) is 1.48. The number of hydrogen-bond acceptors (Lipinski definition) is 4. The van der Waals surface area contributed by atoms with E-state index in [0.717, 1.165) is 0 Å². The Bertz CT molecular complexity index is 567. The number of benzene rings is 1. The molecule has 1 aromatic rings. The molecule has 7 heteroatoms. The molecule has 0 aliphatic rings. The Morgan fingerprint density at radius 3 is 2.56 bits per heavy atom. The monoisotopic (exact) mass is 308 g/mol. The largest absolute Gasteiger partial charge is 0.478 e. The van der Waals surface area contributed by atoms with Gasteiger partial charge in [-0.2, -0.15) is 11.8 Å². The molecule has 0 aliphatic heterocycles. The van der Waals surface area contributed by atoms with Crippen molar-refractivity contribution in [3.05, 3.63) is 28.3 Å². The molecule has 0 spiro atoms. The van der Waals surface area contributed by atoms with Gasteiger partial charge in [0.25, 0.3) is 0 Å². The van der Waals surface area contributed by atoms with E-state index in [1.54, 1.807) is 0 Å². The molecule has 0 atom stereocenters. The van der Waals surface area contributed by atoms with Crippen molar-refractivity contribution in [2.24, 2.45) is 0 Å². The molecule has 18 heavy (non-hydrogen) atoms. The number of hydrogen-bond donors (Lipinski definition) is 1. The molecule has 0 fully saturated rings. The molecular formula is C11H13ClO4S2. The fourth-order valence-corrected chi connectivity index (χ4v) is 4.43. The lowest BCUT2D eigenvalue weighted by Crippen LogP contribution is -2.13. The van der Waals surface area contributed by atoms with Crippen LogP contribution in [0.25, 0.3) is 0 Å². The highest BCUT2D eigenvalue weighted by molar-refractivity contribution is 8.00. The molecule has 1 rings (SSSR count). The SMILES string of the molecule is CSCCS(=O)(=O)c1cc(Cl)cc(C(=O)O)c1C. The fourth-order valence-electron chi connectivity index (χ4n) is 1.50. The minimum Gasteiger partial charge on any atom is -0.478 e. The smallest absolute Gasteiger partial charge is 0.336 e. The van der Waals surface area contributed by atoms with E-state index in [-0.39, 0.29) is 26.8 Å². The van der Waals surface area contributed by atoms with Gasteiger partial charge in [-0.25, -0.2) is 13.2 Å². The lowest BCUT2D eigenvalue weighted by Gasteiger charge is -2.10. The van der Waals surface area contributed by atoms with Crippen LogP contribution in [0.1, 0.15) is 15.9 Å². The van der Waals surface area contributed by atoms with Gasteiger partial charge in [0.2, 0.25) is 0 Å². The van der Waals surface area contributed by atoms with Crippen LogP contribution in [-0.4, -0.2) is 37.3 Å². The van der Waals surface area contributed by atoms with E-state index in [9.17, 15) is 13.2 Å². The molecular weight excluding hydrogens is 296 g/mol. The normalized spacial score (nSPS) is 11.5. The van der Waals surface area contributed by atoms with Crippen molar-refractivity contribution < 1.29 is 18.3 Å². The van der Waals surface area contributed by atoms with Crippen LogP contribution in [0.2, 0.25) is 5.02 Å². The van der Waals surface area contributed by atoms with E-state index in [0.29, 0.717) is 5.75 Å². The van der Waals surface area contributed by atoms with Gasteiger partial charge < -0.3 is 5.11 Å². The molecule has 1 aromatic carbocycles. The second kappa shape index (κ2) is 5.95. The highest BCUT2D eigenvalue weighted by Gasteiger charge is 2.21. The standard InChI is InChI=1S/C11H13ClO4S2/c1-7-9(11(13)14)5-8(12)6-10(7)18(15,16)4-3-17-2/h5-6H,3-4H2,1-2H3,(H,13,14). The summed E-state index contributed by atoms with van der Waals surface area (Å²) >= 11 is 7.19. The third kappa shape index (κ3) is 3.40. The average Bonchev–Trinajstić information content (AvgIpc) is 2.28. The number of thioether (sulfide) groups is 1. The van der Waals surface area contributed by atoms with Crippen molar-refractivity contribution in [3.8, 4) is 0 Å². The Hall–Kier alpha value is -0.720. The maximum Gasteiger partial charge on any atom is 0.336 e. The zero-order valence-electron chi connectivity index (χ0n) is 9.94. The molecule has 0 aliphatic carbocycles. The molecule has 0 aromatic heterocycles. The molecule has 1 N–H and O–H groups in total. The summed E-state index contributed by atoms with van der Waals surface area (Å²) in [6, 6.07) is 2.56. The van der Waals surface area contributed by atoms with Crippen LogP contribution in [-0.2, 0) is 9.84 Å². The van der Waals surface area contributed by atoms with Crippen LogP contribution >= 0.6 is 23.4 Å². The molecule has 4 nitrogen and oxygen atoms in total. The third-order valence-corrected chi connectivity index (χ3v) is 5.37. The van der Waals surface area contributed by atoms with Crippen molar-refractivity contribution in [2.45, 2.75) is 11.8 Å². The van der Waals surface area contributed by atoms with Crippen LogP contribution in [0.4, 0.5) is 0 Å².